The number of hydrogen-bond donors (Lipinski definition) is 3. The first-order valence-electron chi connectivity index (χ1n) is 27.0. The number of rotatable bonds is 52. The average Bonchev–Trinajstić information content (AvgIpc) is 3.29. The quantitative estimate of drug-likeness (QED) is 0.0236. The molecule has 0 aliphatic heterocycles. The molecule has 0 heterocycles. The van der Waals surface area contributed by atoms with Crippen LogP contribution in [0.5, 0.6) is 0 Å². The van der Waals surface area contributed by atoms with Crippen LogP contribution in [0.15, 0.2) is 36.5 Å². The Morgan fingerprint density at radius 3 is 1.27 bits per heavy atom. The Morgan fingerprint density at radius 2 is 0.844 bits per heavy atom. The lowest BCUT2D eigenvalue weighted by Gasteiger charge is -2.20. The van der Waals surface area contributed by atoms with E-state index >= 15 is 0 Å². The van der Waals surface area contributed by atoms with Gasteiger partial charge in [0.15, 0.2) is 0 Å². The van der Waals surface area contributed by atoms with E-state index < -0.39 is 33.2 Å². The Bertz CT molecular complexity index is 1100. The van der Waals surface area contributed by atoms with Crippen LogP contribution in [0.25, 0.3) is 0 Å². The lowest BCUT2D eigenvalue weighted by Crippen LogP contribution is -2.29. The summed E-state index contributed by atoms with van der Waals surface area (Å²) in [6.07, 6.45) is 58.3. The highest BCUT2D eigenvalue weighted by atomic mass is 31.2. The Hall–Kier alpha value is -1.32. The summed E-state index contributed by atoms with van der Waals surface area (Å²) in [6, 6.07) is 0. The highest BCUT2D eigenvalue weighted by Gasteiger charge is 2.26. The van der Waals surface area contributed by atoms with Gasteiger partial charge in [0.2, 0.25) is 0 Å². The molecule has 0 aromatic rings. The molecule has 0 aromatic heterocycles. The number of hydrogen-bond acceptors (Lipinski definition) is 8. The highest BCUT2D eigenvalue weighted by Crippen LogP contribution is 2.43. The van der Waals surface area contributed by atoms with Crippen LogP contribution >= 0.6 is 7.82 Å². The van der Waals surface area contributed by atoms with Gasteiger partial charge in [-0.15, -0.1) is 0 Å². The topological polar surface area (TPSA) is 132 Å². The van der Waals surface area contributed by atoms with Gasteiger partial charge in [-0.25, -0.2) is 4.57 Å². The summed E-state index contributed by atoms with van der Waals surface area (Å²) in [5, 5.41) is 18.4. The van der Waals surface area contributed by atoms with E-state index in [1.807, 2.05) is 0 Å². The van der Waals surface area contributed by atoms with Crippen LogP contribution in [0.3, 0.4) is 0 Å². The molecular formula is C54H103O9P. The highest BCUT2D eigenvalue weighted by molar-refractivity contribution is 7.47. The van der Waals surface area contributed by atoms with Crippen LogP contribution in [-0.4, -0.2) is 66.3 Å². The number of phosphoric ester groups is 1. The zero-order valence-corrected chi connectivity index (χ0v) is 42.7. The number of carbonyl (C=O) groups excluding carboxylic acids is 1. The molecule has 0 rings (SSSR count). The van der Waals surface area contributed by atoms with E-state index in [9.17, 15) is 19.4 Å². The molecule has 3 unspecified atom stereocenters. The van der Waals surface area contributed by atoms with Crippen molar-refractivity contribution in [1.82, 2.24) is 0 Å². The molecule has 378 valence electrons. The van der Waals surface area contributed by atoms with Crippen molar-refractivity contribution in [1.29, 1.82) is 0 Å². The number of allylic oxidation sites excluding steroid dienone is 6. The molecule has 0 aliphatic rings. The second-order valence-corrected chi connectivity index (χ2v) is 19.7. The smallest absolute Gasteiger partial charge is 0.457 e. The van der Waals surface area contributed by atoms with Crippen LogP contribution < -0.4 is 0 Å². The van der Waals surface area contributed by atoms with Crippen molar-refractivity contribution in [3.63, 3.8) is 0 Å². The number of aliphatic hydroxyl groups is 2. The van der Waals surface area contributed by atoms with Crippen molar-refractivity contribution < 1.29 is 43.0 Å². The Morgan fingerprint density at radius 1 is 0.484 bits per heavy atom. The van der Waals surface area contributed by atoms with E-state index in [4.69, 9.17) is 23.6 Å². The Labute approximate surface area is 395 Å². The van der Waals surface area contributed by atoms with Gasteiger partial charge in [0.25, 0.3) is 0 Å². The molecule has 64 heavy (non-hydrogen) atoms. The van der Waals surface area contributed by atoms with E-state index in [-0.39, 0.29) is 25.6 Å². The number of esters is 1. The molecule has 0 amide bonds. The van der Waals surface area contributed by atoms with Crippen molar-refractivity contribution in [2.24, 2.45) is 0 Å². The Kier molecular flexibility index (Phi) is 50.0. The molecule has 0 spiro atoms. The average molecular weight is 927 g/mol. The zero-order valence-electron chi connectivity index (χ0n) is 41.8. The van der Waals surface area contributed by atoms with Gasteiger partial charge < -0.3 is 24.6 Å². The van der Waals surface area contributed by atoms with Gasteiger partial charge in [-0.1, -0.05) is 217 Å². The van der Waals surface area contributed by atoms with Gasteiger partial charge in [-0.2, -0.15) is 0 Å². The van der Waals surface area contributed by atoms with Gasteiger partial charge in [0, 0.05) is 13.0 Å². The van der Waals surface area contributed by atoms with Crippen LogP contribution in [-0.2, 0) is 27.9 Å². The molecule has 3 atom stereocenters. The minimum absolute atomic E-state index is 0.0486. The van der Waals surface area contributed by atoms with Crippen LogP contribution in [0.1, 0.15) is 258 Å². The summed E-state index contributed by atoms with van der Waals surface area (Å²) >= 11 is 0. The fourth-order valence-corrected chi connectivity index (χ4v) is 8.47. The molecular weight excluding hydrogens is 824 g/mol. The number of aliphatic hydroxyl groups excluding tert-OH is 2. The molecule has 0 bridgehead atoms. The van der Waals surface area contributed by atoms with Crippen LogP contribution in [0.2, 0.25) is 0 Å². The summed E-state index contributed by atoms with van der Waals surface area (Å²) < 4.78 is 33.6. The third-order valence-corrected chi connectivity index (χ3v) is 12.7. The largest absolute Gasteiger partial charge is 0.472 e. The first kappa shape index (κ1) is 62.7. The lowest BCUT2D eigenvalue weighted by molar-refractivity contribution is -0.154. The first-order valence-corrected chi connectivity index (χ1v) is 28.5. The van der Waals surface area contributed by atoms with E-state index in [0.717, 1.165) is 44.9 Å². The van der Waals surface area contributed by atoms with Crippen molar-refractivity contribution >= 4 is 13.8 Å². The molecule has 10 heteroatoms. The van der Waals surface area contributed by atoms with Crippen molar-refractivity contribution in [3.8, 4) is 0 Å². The second-order valence-electron chi connectivity index (χ2n) is 18.2. The summed E-state index contributed by atoms with van der Waals surface area (Å²) in [5.74, 6) is -0.384. The van der Waals surface area contributed by atoms with Gasteiger partial charge in [0.05, 0.1) is 26.4 Å². The molecule has 0 fully saturated rings. The van der Waals surface area contributed by atoms with Gasteiger partial charge >= 0.3 is 13.8 Å². The maximum atomic E-state index is 12.7. The van der Waals surface area contributed by atoms with Crippen molar-refractivity contribution in [2.45, 2.75) is 270 Å². The first-order chi connectivity index (χ1) is 31.3. The van der Waals surface area contributed by atoms with E-state index in [0.29, 0.717) is 6.61 Å². The normalized spacial score (nSPS) is 14.0. The number of phosphoric acid groups is 1. The predicted octanol–water partition coefficient (Wildman–Crippen LogP) is 15.9. The molecule has 0 saturated heterocycles. The summed E-state index contributed by atoms with van der Waals surface area (Å²) in [7, 11) is -4.53. The molecule has 3 N–H and O–H groups in total. The fourth-order valence-electron chi connectivity index (χ4n) is 7.68. The van der Waals surface area contributed by atoms with E-state index in [2.05, 4.69) is 50.3 Å². The Balaban J connectivity index is 4.05. The summed E-state index contributed by atoms with van der Waals surface area (Å²) in [4.78, 5) is 22.7. The van der Waals surface area contributed by atoms with E-state index in [1.165, 1.54) is 193 Å². The maximum absolute atomic E-state index is 12.7. The number of carbonyl (C=O) groups is 1. The van der Waals surface area contributed by atoms with E-state index in [1.54, 1.807) is 0 Å². The maximum Gasteiger partial charge on any atom is 0.472 e. The van der Waals surface area contributed by atoms with Gasteiger partial charge in [-0.3, -0.25) is 13.8 Å². The van der Waals surface area contributed by atoms with Gasteiger partial charge in [0.1, 0.15) is 12.2 Å². The third kappa shape index (κ3) is 50.1. The number of ether oxygens (including phenoxy) is 2. The summed E-state index contributed by atoms with van der Waals surface area (Å²) in [6.45, 7) is 3.55. The predicted molar refractivity (Wildman–Crippen MR) is 270 cm³/mol. The van der Waals surface area contributed by atoms with Crippen molar-refractivity contribution in [3.05, 3.63) is 36.5 Å². The van der Waals surface area contributed by atoms with Crippen LogP contribution in [0, 0.1) is 0 Å². The standard InChI is InChI=1S/C54H103O9P/c1-3-5-7-9-11-13-15-17-19-21-23-25-27-29-31-33-35-37-39-41-43-45-47-60-50-53(51-62-64(58,59)61-49-52(56)48-55)63-54(57)46-44-42-40-38-36-34-32-30-28-26-24-22-20-18-16-14-12-10-8-6-4-2/h16,18,21-24,52-53,55-56H,3-15,17,19-20,25-51H2,1-2H3,(H,58,59)/b18-16-,23-21-,24-22-. The molecule has 0 saturated carbocycles. The third-order valence-electron chi connectivity index (χ3n) is 11.8. The fraction of sp³-hybridized carbons (Fsp3) is 0.870. The molecule has 0 radical (unpaired) electrons. The molecule has 9 nitrogen and oxygen atoms in total. The monoisotopic (exact) mass is 927 g/mol. The SMILES string of the molecule is CCCCCCC/C=C\C/C=C\CCCCCCCCCCCC(=O)OC(COCCCCCCCCCCCC/C=C\CCCCCCCCCC)COP(=O)(O)OCC(O)CO. The molecule has 0 aromatic carbocycles. The van der Waals surface area contributed by atoms with Crippen LogP contribution in [0.4, 0.5) is 0 Å². The minimum Gasteiger partial charge on any atom is -0.457 e. The second kappa shape index (κ2) is 51.1. The lowest BCUT2D eigenvalue weighted by atomic mass is 10.1. The van der Waals surface area contributed by atoms with Gasteiger partial charge in [-0.05, 0) is 70.6 Å². The summed E-state index contributed by atoms with van der Waals surface area (Å²) in [5.41, 5.74) is 0. The number of unbranched alkanes of at least 4 members (excludes halogenated alkanes) is 32. The van der Waals surface area contributed by atoms with Crippen molar-refractivity contribution in [2.75, 3.05) is 33.0 Å². The molecule has 0 aliphatic carbocycles. The zero-order chi connectivity index (χ0) is 46.7. The minimum atomic E-state index is -4.53.